The van der Waals surface area contributed by atoms with Gasteiger partial charge in [0.1, 0.15) is 5.76 Å². The first-order valence-electron chi connectivity index (χ1n) is 8.24. The Bertz CT molecular complexity index is 774. The van der Waals surface area contributed by atoms with Crippen molar-refractivity contribution in [2.24, 2.45) is 5.92 Å². The molecule has 1 saturated heterocycles. The van der Waals surface area contributed by atoms with Crippen molar-refractivity contribution in [1.29, 1.82) is 0 Å². The second kappa shape index (κ2) is 5.78. The van der Waals surface area contributed by atoms with Gasteiger partial charge >= 0.3 is 0 Å². The molecule has 1 N–H and O–H groups in total. The Morgan fingerprint density at radius 1 is 1.21 bits per heavy atom. The molecule has 0 radical (unpaired) electrons. The predicted molar refractivity (Wildman–Crippen MR) is 87.4 cm³/mol. The van der Waals surface area contributed by atoms with Crippen LogP contribution < -0.4 is 5.32 Å². The van der Waals surface area contributed by atoms with Crippen molar-refractivity contribution >= 4 is 11.8 Å². The van der Waals surface area contributed by atoms with Crippen LogP contribution in [0.1, 0.15) is 35.0 Å². The zero-order valence-electron chi connectivity index (χ0n) is 13.5. The van der Waals surface area contributed by atoms with Crippen molar-refractivity contribution in [2.75, 3.05) is 20.1 Å². The molecule has 2 amide bonds. The van der Waals surface area contributed by atoms with Crippen LogP contribution in [-0.2, 0) is 4.79 Å². The summed E-state index contributed by atoms with van der Waals surface area (Å²) in [6.45, 7) is 0.881. The van der Waals surface area contributed by atoms with Gasteiger partial charge in [-0.15, -0.1) is 0 Å². The van der Waals surface area contributed by atoms with Crippen LogP contribution in [0.15, 0.2) is 34.7 Å². The predicted octanol–water partition coefficient (Wildman–Crippen LogP) is 2.04. The first kappa shape index (κ1) is 14.9. The summed E-state index contributed by atoms with van der Waals surface area (Å²) in [5.41, 5.74) is 1.28. The van der Waals surface area contributed by atoms with E-state index in [1.165, 1.54) is 0 Å². The van der Waals surface area contributed by atoms with Crippen LogP contribution in [0, 0.1) is 5.92 Å². The lowest BCUT2D eigenvalue weighted by molar-refractivity contribution is -0.128. The van der Waals surface area contributed by atoms with Crippen LogP contribution in [0.4, 0.5) is 0 Å². The molecule has 1 saturated carbocycles. The molecule has 2 fully saturated rings. The van der Waals surface area contributed by atoms with E-state index in [9.17, 15) is 9.59 Å². The third-order valence-electron chi connectivity index (χ3n) is 4.61. The van der Waals surface area contributed by atoms with Crippen LogP contribution >= 0.6 is 0 Å². The number of carbonyl (C=O) groups excluding carboxylic acids is 2. The number of rotatable bonds is 4. The molecule has 0 atom stereocenters. The van der Waals surface area contributed by atoms with E-state index in [4.69, 9.17) is 4.42 Å². The molecule has 1 aliphatic carbocycles. The van der Waals surface area contributed by atoms with Crippen LogP contribution in [0.2, 0.25) is 0 Å². The van der Waals surface area contributed by atoms with E-state index < -0.39 is 0 Å². The van der Waals surface area contributed by atoms with Gasteiger partial charge in [0.05, 0.1) is 5.92 Å². The molecule has 24 heavy (non-hydrogen) atoms. The molecule has 2 heterocycles. The molecular weight excluding hydrogens is 306 g/mol. The lowest BCUT2D eigenvalue weighted by atomic mass is 9.98. The number of nitrogens with one attached hydrogen (secondary N) is 1. The minimum absolute atomic E-state index is 0.0217. The quantitative estimate of drug-likeness (QED) is 0.933. The highest BCUT2D eigenvalue weighted by atomic mass is 16.4. The highest BCUT2D eigenvalue weighted by molar-refractivity contribution is 5.96. The summed E-state index contributed by atoms with van der Waals surface area (Å²) in [6.07, 6.45) is 2.06. The zero-order chi connectivity index (χ0) is 16.7. The number of carbonyl (C=O) groups is 2. The summed E-state index contributed by atoms with van der Waals surface area (Å²) in [7, 11) is 1.61. The van der Waals surface area contributed by atoms with Gasteiger partial charge in [-0.05, 0) is 25.0 Å². The van der Waals surface area contributed by atoms with E-state index in [2.05, 4.69) is 10.3 Å². The molecule has 4 rings (SSSR count). The minimum atomic E-state index is -0.136. The summed E-state index contributed by atoms with van der Waals surface area (Å²) in [5, 5.41) is 2.62. The second-order valence-corrected chi connectivity index (χ2v) is 6.39. The maximum Gasteiger partial charge on any atom is 0.276 e. The molecule has 0 spiro atoms. The number of hydrogen-bond donors (Lipinski definition) is 1. The Hall–Kier alpha value is -2.63. The monoisotopic (exact) mass is 325 g/mol. The summed E-state index contributed by atoms with van der Waals surface area (Å²) in [6, 6.07) is 9.60. The molecular formula is C18H19N3O3. The van der Waals surface area contributed by atoms with E-state index in [0.29, 0.717) is 36.4 Å². The fourth-order valence-corrected chi connectivity index (χ4v) is 2.98. The van der Waals surface area contributed by atoms with Crippen LogP contribution in [-0.4, -0.2) is 41.8 Å². The van der Waals surface area contributed by atoms with Gasteiger partial charge in [0.15, 0.2) is 5.69 Å². The van der Waals surface area contributed by atoms with Gasteiger partial charge in [0, 0.05) is 31.6 Å². The van der Waals surface area contributed by atoms with E-state index in [0.717, 1.165) is 18.4 Å². The highest BCUT2D eigenvalue weighted by Crippen LogP contribution is 2.43. The smallest absolute Gasteiger partial charge is 0.276 e. The minimum Gasteiger partial charge on any atom is -0.440 e. The first-order chi connectivity index (χ1) is 11.7. The molecule has 2 aliphatic rings. The van der Waals surface area contributed by atoms with E-state index in [1.807, 2.05) is 30.3 Å². The zero-order valence-corrected chi connectivity index (χ0v) is 13.5. The Morgan fingerprint density at radius 3 is 2.54 bits per heavy atom. The van der Waals surface area contributed by atoms with Crippen molar-refractivity contribution in [1.82, 2.24) is 15.2 Å². The number of aromatic nitrogens is 1. The first-order valence-corrected chi connectivity index (χ1v) is 8.24. The van der Waals surface area contributed by atoms with Gasteiger partial charge in [-0.2, -0.15) is 0 Å². The maximum atomic E-state index is 12.8. The van der Waals surface area contributed by atoms with Crippen molar-refractivity contribution in [3.8, 4) is 11.5 Å². The average Bonchev–Trinajstić information content (AvgIpc) is 3.32. The number of nitrogens with zero attached hydrogens (tertiary/aromatic N) is 2. The van der Waals surface area contributed by atoms with Gasteiger partial charge in [-0.1, -0.05) is 18.2 Å². The third kappa shape index (κ3) is 2.58. The maximum absolute atomic E-state index is 12.8. The van der Waals surface area contributed by atoms with Crippen molar-refractivity contribution < 1.29 is 14.0 Å². The lowest BCUT2D eigenvalue weighted by Crippen LogP contribution is -2.55. The summed E-state index contributed by atoms with van der Waals surface area (Å²) in [5.74, 6) is 1.20. The molecule has 6 nitrogen and oxygen atoms in total. The summed E-state index contributed by atoms with van der Waals surface area (Å²) in [4.78, 5) is 30.5. The second-order valence-electron chi connectivity index (χ2n) is 6.39. The van der Waals surface area contributed by atoms with E-state index >= 15 is 0 Å². The van der Waals surface area contributed by atoms with Crippen molar-refractivity contribution in [3.05, 3.63) is 41.8 Å². The number of hydrogen-bond acceptors (Lipinski definition) is 4. The third-order valence-corrected chi connectivity index (χ3v) is 4.61. The Morgan fingerprint density at radius 2 is 1.92 bits per heavy atom. The number of benzene rings is 1. The summed E-state index contributed by atoms with van der Waals surface area (Å²) >= 11 is 0. The molecule has 1 aliphatic heterocycles. The number of oxazole rings is 1. The van der Waals surface area contributed by atoms with E-state index in [-0.39, 0.29) is 17.7 Å². The van der Waals surface area contributed by atoms with Gasteiger partial charge in [-0.3, -0.25) is 9.59 Å². The Labute approximate surface area is 139 Å². The van der Waals surface area contributed by atoms with Gasteiger partial charge in [-0.25, -0.2) is 4.98 Å². The normalized spacial score (nSPS) is 17.5. The Kier molecular flexibility index (Phi) is 3.59. The van der Waals surface area contributed by atoms with Gasteiger partial charge in [0.25, 0.3) is 5.91 Å². The number of likely N-dealkylation sites (tertiary alicyclic amines) is 1. The molecule has 124 valence electrons. The van der Waals surface area contributed by atoms with Crippen molar-refractivity contribution in [3.63, 3.8) is 0 Å². The van der Waals surface area contributed by atoms with Crippen LogP contribution in [0.3, 0.4) is 0 Å². The van der Waals surface area contributed by atoms with Crippen LogP contribution in [0.25, 0.3) is 11.5 Å². The fourth-order valence-electron chi connectivity index (χ4n) is 2.98. The van der Waals surface area contributed by atoms with Gasteiger partial charge in [0.2, 0.25) is 11.8 Å². The molecule has 1 aromatic heterocycles. The standard InChI is InChI=1S/C18H19N3O3/c1-19-16(22)13-9-21(10-13)18(23)14-15(11-7-8-11)24-17(20-14)12-5-3-2-4-6-12/h2-6,11,13H,7-10H2,1H3,(H,19,22). The van der Waals surface area contributed by atoms with Gasteiger partial charge < -0.3 is 14.6 Å². The molecule has 0 bridgehead atoms. The topological polar surface area (TPSA) is 75.4 Å². The van der Waals surface area contributed by atoms with Crippen molar-refractivity contribution in [2.45, 2.75) is 18.8 Å². The SMILES string of the molecule is CNC(=O)C1CN(C(=O)c2nc(-c3ccccc3)oc2C2CC2)C1. The molecule has 1 aromatic carbocycles. The highest BCUT2D eigenvalue weighted by Gasteiger charge is 2.40. The van der Waals surface area contributed by atoms with E-state index in [1.54, 1.807) is 11.9 Å². The average molecular weight is 325 g/mol. The molecule has 0 unspecified atom stereocenters. The summed E-state index contributed by atoms with van der Waals surface area (Å²) < 4.78 is 5.92. The number of amides is 2. The largest absolute Gasteiger partial charge is 0.440 e. The Balaban J connectivity index is 1.57. The lowest BCUT2D eigenvalue weighted by Gasteiger charge is -2.37. The fraction of sp³-hybridized carbons (Fsp3) is 0.389. The van der Waals surface area contributed by atoms with Crippen LogP contribution in [0.5, 0.6) is 0 Å². The molecule has 6 heteroatoms. The molecule has 2 aromatic rings.